The minimum atomic E-state index is -4.56. The standard InChI is InChI=1S/C16H21F3N2O2S/c1-21(14-8-12-6-7-13(9-14)20-12)24(22,23)10-11-4-2-3-5-15(11)16(17,18)19/h2-5,12-14,20H,6-10H2,1H3. The molecule has 134 valence electrons. The van der Waals surface area contributed by atoms with Gasteiger partial charge in [-0.05, 0) is 37.3 Å². The van der Waals surface area contributed by atoms with Gasteiger partial charge in [-0.15, -0.1) is 0 Å². The molecule has 0 amide bonds. The Hall–Kier alpha value is -1.12. The second-order valence-electron chi connectivity index (χ2n) is 6.69. The number of halogens is 3. The van der Waals surface area contributed by atoms with Crippen LogP contribution in [-0.4, -0.2) is 37.9 Å². The number of sulfonamides is 1. The quantitative estimate of drug-likeness (QED) is 0.896. The van der Waals surface area contributed by atoms with Gasteiger partial charge < -0.3 is 5.32 Å². The van der Waals surface area contributed by atoms with Crippen LogP contribution >= 0.6 is 0 Å². The molecule has 0 saturated carbocycles. The van der Waals surface area contributed by atoms with Gasteiger partial charge in [-0.25, -0.2) is 12.7 Å². The molecule has 1 N–H and O–H groups in total. The molecule has 2 unspecified atom stereocenters. The molecular formula is C16H21F3N2O2S. The average Bonchev–Trinajstić information content (AvgIpc) is 2.84. The molecule has 2 aliphatic rings. The Morgan fingerprint density at radius 3 is 2.33 bits per heavy atom. The summed E-state index contributed by atoms with van der Waals surface area (Å²) in [5.41, 5.74) is -1.08. The van der Waals surface area contributed by atoms with E-state index in [0.717, 1.165) is 18.9 Å². The smallest absolute Gasteiger partial charge is 0.311 e. The van der Waals surface area contributed by atoms with Crippen molar-refractivity contribution in [3.63, 3.8) is 0 Å². The fraction of sp³-hybridized carbons (Fsp3) is 0.625. The molecule has 2 bridgehead atoms. The SMILES string of the molecule is CN(C1CC2CCC(C1)N2)S(=O)(=O)Cc1ccccc1C(F)(F)F. The predicted octanol–water partition coefficient (Wildman–Crippen LogP) is 2.75. The highest BCUT2D eigenvalue weighted by molar-refractivity contribution is 7.88. The maximum atomic E-state index is 13.1. The molecule has 2 fully saturated rings. The largest absolute Gasteiger partial charge is 0.416 e. The van der Waals surface area contributed by atoms with Crippen LogP contribution in [0.3, 0.4) is 0 Å². The Bertz CT molecular complexity index is 694. The third-order valence-electron chi connectivity index (χ3n) is 5.06. The van der Waals surface area contributed by atoms with Crippen LogP contribution in [0.5, 0.6) is 0 Å². The lowest BCUT2D eigenvalue weighted by Gasteiger charge is -2.35. The van der Waals surface area contributed by atoms with E-state index in [1.165, 1.54) is 29.6 Å². The summed E-state index contributed by atoms with van der Waals surface area (Å²) in [5, 5.41) is 3.44. The summed E-state index contributed by atoms with van der Waals surface area (Å²) in [6.07, 6.45) is -1.06. The lowest BCUT2D eigenvalue weighted by Crippen LogP contribution is -2.48. The molecule has 4 nitrogen and oxygen atoms in total. The molecule has 1 aromatic rings. The highest BCUT2D eigenvalue weighted by atomic mass is 32.2. The number of piperidine rings is 1. The van der Waals surface area contributed by atoms with Crippen molar-refractivity contribution in [3.8, 4) is 0 Å². The van der Waals surface area contributed by atoms with E-state index >= 15 is 0 Å². The lowest BCUT2D eigenvalue weighted by atomic mass is 10.0. The number of nitrogens with one attached hydrogen (secondary N) is 1. The topological polar surface area (TPSA) is 49.4 Å². The van der Waals surface area contributed by atoms with Crippen LogP contribution in [0.4, 0.5) is 13.2 Å². The Labute approximate surface area is 140 Å². The molecule has 3 rings (SSSR count). The second kappa shape index (κ2) is 6.31. The first-order chi connectivity index (χ1) is 11.2. The van der Waals surface area contributed by atoms with E-state index in [1.54, 1.807) is 0 Å². The first-order valence-corrected chi connectivity index (χ1v) is 9.64. The zero-order valence-corrected chi connectivity index (χ0v) is 14.2. The van der Waals surface area contributed by atoms with Crippen molar-refractivity contribution in [3.05, 3.63) is 35.4 Å². The predicted molar refractivity (Wildman–Crippen MR) is 84.8 cm³/mol. The van der Waals surface area contributed by atoms with Crippen molar-refractivity contribution in [1.29, 1.82) is 0 Å². The van der Waals surface area contributed by atoms with E-state index in [9.17, 15) is 21.6 Å². The number of hydrogen-bond acceptors (Lipinski definition) is 3. The van der Waals surface area contributed by atoms with Gasteiger partial charge in [0.25, 0.3) is 0 Å². The molecule has 2 aliphatic heterocycles. The highest BCUT2D eigenvalue weighted by Crippen LogP contribution is 2.34. The van der Waals surface area contributed by atoms with Gasteiger partial charge in [0.15, 0.2) is 0 Å². The molecule has 8 heteroatoms. The lowest BCUT2D eigenvalue weighted by molar-refractivity contribution is -0.138. The fourth-order valence-electron chi connectivity index (χ4n) is 3.77. The van der Waals surface area contributed by atoms with Crippen LogP contribution in [0.25, 0.3) is 0 Å². The van der Waals surface area contributed by atoms with E-state index in [-0.39, 0.29) is 11.6 Å². The van der Waals surface area contributed by atoms with Crippen molar-refractivity contribution in [2.24, 2.45) is 0 Å². The summed E-state index contributed by atoms with van der Waals surface area (Å²) in [7, 11) is -2.32. The van der Waals surface area contributed by atoms with Gasteiger partial charge in [0.1, 0.15) is 0 Å². The van der Waals surface area contributed by atoms with Gasteiger partial charge in [-0.2, -0.15) is 13.2 Å². The Kier molecular flexibility index (Phi) is 4.65. The minimum absolute atomic E-state index is 0.146. The molecular weight excluding hydrogens is 341 g/mol. The number of benzene rings is 1. The van der Waals surface area contributed by atoms with Crippen LogP contribution in [0.15, 0.2) is 24.3 Å². The van der Waals surface area contributed by atoms with Gasteiger partial charge >= 0.3 is 6.18 Å². The summed E-state index contributed by atoms with van der Waals surface area (Å²) in [5.74, 6) is -0.627. The van der Waals surface area contributed by atoms with Crippen LogP contribution < -0.4 is 5.32 Å². The van der Waals surface area contributed by atoms with Crippen molar-refractivity contribution < 1.29 is 21.6 Å². The van der Waals surface area contributed by atoms with E-state index in [4.69, 9.17) is 0 Å². The normalized spacial score (nSPS) is 27.6. The summed E-state index contributed by atoms with van der Waals surface area (Å²) < 4.78 is 65.8. The third kappa shape index (κ3) is 3.60. The molecule has 24 heavy (non-hydrogen) atoms. The maximum Gasteiger partial charge on any atom is 0.416 e. The second-order valence-corrected chi connectivity index (χ2v) is 8.72. The number of nitrogens with zero attached hydrogens (tertiary/aromatic N) is 1. The van der Waals surface area contributed by atoms with Crippen LogP contribution in [0.1, 0.15) is 36.8 Å². The van der Waals surface area contributed by atoms with E-state index in [1.807, 2.05) is 0 Å². The molecule has 2 atom stereocenters. The summed E-state index contributed by atoms with van der Waals surface area (Å²) >= 11 is 0. The van der Waals surface area contributed by atoms with Crippen molar-refractivity contribution >= 4 is 10.0 Å². The van der Waals surface area contributed by atoms with Gasteiger partial charge in [-0.3, -0.25) is 0 Å². The van der Waals surface area contributed by atoms with Crippen LogP contribution in [-0.2, 0) is 22.0 Å². The Balaban J connectivity index is 1.79. The number of fused-ring (bicyclic) bond motifs is 2. The van der Waals surface area contributed by atoms with Gasteiger partial charge in [0, 0.05) is 25.2 Å². The van der Waals surface area contributed by atoms with Crippen LogP contribution in [0, 0.1) is 0 Å². The van der Waals surface area contributed by atoms with Gasteiger partial charge in [0.2, 0.25) is 10.0 Å². The molecule has 1 aromatic carbocycles. The molecule has 0 aromatic heterocycles. The summed E-state index contributed by atoms with van der Waals surface area (Å²) in [4.78, 5) is 0. The van der Waals surface area contributed by atoms with Crippen LogP contribution in [0.2, 0.25) is 0 Å². The van der Waals surface area contributed by atoms with Crippen molar-refractivity contribution in [2.45, 2.75) is 55.7 Å². The molecule has 0 aliphatic carbocycles. The van der Waals surface area contributed by atoms with Crippen molar-refractivity contribution in [1.82, 2.24) is 9.62 Å². The number of hydrogen-bond donors (Lipinski definition) is 1. The summed E-state index contributed by atoms with van der Waals surface area (Å²) in [6, 6.07) is 5.35. The third-order valence-corrected chi connectivity index (χ3v) is 6.91. The number of rotatable bonds is 4. The average molecular weight is 362 g/mol. The minimum Gasteiger partial charge on any atom is -0.311 e. The number of alkyl halides is 3. The van der Waals surface area contributed by atoms with Gasteiger partial charge in [0.05, 0.1) is 11.3 Å². The first-order valence-electron chi connectivity index (χ1n) is 8.03. The Morgan fingerprint density at radius 2 is 1.75 bits per heavy atom. The first kappa shape index (κ1) is 17.7. The van der Waals surface area contributed by atoms with Gasteiger partial charge in [-0.1, -0.05) is 18.2 Å². The molecule has 0 radical (unpaired) electrons. The van der Waals surface area contributed by atoms with Crippen molar-refractivity contribution in [2.75, 3.05) is 7.05 Å². The molecule has 0 spiro atoms. The molecule has 2 heterocycles. The summed E-state index contributed by atoms with van der Waals surface area (Å²) in [6.45, 7) is 0. The zero-order valence-electron chi connectivity index (χ0n) is 13.4. The highest BCUT2D eigenvalue weighted by Gasteiger charge is 2.39. The van der Waals surface area contributed by atoms with E-state index in [0.29, 0.717) is 24.9 Å². The van der Waals surface area contributed by atoms with E-state index in [2.05, 4.69) is 5.32 Å². The maximum absolute atomic E-state index is 13.1. The zero-order chi connectivity index (χ0) is 17.5. The monoisotopic (exact) mass is 362 g/mol. The fourth-order valence-corrected chi connectivity index (χ4v) is 5.25. The molecule has 2 saturated heterocycles. The Morgan fingerprint density at radius 1 is 1.17 bits per heavy atom. The van der Waals surface area contributed by atoms with E-state index < -0.39 is 27.5 Å².